The van der Waals surface area contributed by atoms with Crippen molar-refractivity contribution in [1.82, 2.24) is 25.1 Å². The van der Waals surface area contributed by atoms with Crippen molar-refractivity contribution in [1.29, 1.82) is 0 Å². The molecule has 0 radical (unpaired) electrons. The molecule has 1 aliphatic heterocycles. The van der Waals surface area contributed by atoms with Gasteiger partial charge in [-0.05, 0) is 26.2 Å². The summed E-state index contributed by atoms with van der Waals surface area (Å²) in [7, 11) is 0. The Labute approximate surface area is 194 Å². The summed E-state index contributed by atoms with van der Waals surface area (Å²) in [4.78, 5) is 21.1. The van der Waals surface area contributed by atoms with Crippen LogP contribution in [0.5, 0.6) is 0 Å². The first-order valence-corrected chi connectivity index (χ1v) is 11.3. The van der Waals surface area contributed by atoms with Crippen LogP contribution < -0.4 is 10.6 Å². The fourth-order valence-corrected chi connectivity index (χ4v) is 4.13. The first kappa shape index (κ1) is 24.0. The van der Waals surface area contributed by atoms with Crippen molar-refractivity contribution in [2.24, 2.45) is 0 Å². The normalized spacial score (nSPS) is 15.1. The Morgan fingerprint density at radius 1 is 1.24 bits per heavy atom. The monoisotopic (exact) mass is 480 g/mol. The van der Waals surface area contributed by atoms with Crippen LogP contribution in [0, 0.1) is 6.92 Å². The molecule has 4 heterocycles. The average molecular weight is 480 g/mol. The number of aromatic nitrogens is 4. The highest BCUT2D eigenvalue weighted by Gasteiger charge is 2.41. The molecule has 0 bridgehead atoms. The molecule has 4 rings (SSSR count). The second kappa shape index (κ2) is 9.61. The van der Waals surface area contributed by atoms with Crippen LogP contribution in [0.15, 0.2) is 10.6 Å². The van der Waals surface area contributed by atoms with Crippen molar-refractivity contribution in [3.05, 3.63) is 34.8 Å². The molecule has 0 atom stereocenters. The topological polar surface area (TPSA) is 107 Å². The van der Waals surface area contributed by atoms with Crippen LogP contribution in [0.25, 0.3) is 11.0 Å². The molecule has 0 aromatic carbocycles. The van der Waals surface area contributed by atoms with E-state index in [1.54, 1.807) is 10.9 Å². The van der Waals surface area contributed by atoms with Crippen molar-refractivity contribution >= 4 is 22.6 Å². The van der Waals surface area contributed by atoms with E-state index < -0.39 is 23.5 Å². The number of carbonyl (C=O) groups excluding carboxylic acids is 1. The lowest BCUT2D eigenvalue weighted by molar-refractivity contribution is -0.153. The van der Waals surface area contributed by atoms with Crippen molar-refractivity contribution < 1.29 is 27.1 Å². The first-order chi connectivity index (χ1) is 16.2. The molecule has 9 nitrogen and oxygen atoms in total. The third kappa shape index (κ3) is 4.72. The van der Waals surface area contributed by atoms with Gasteiger partial charge in [0.2, 0.25) is 5.76 Å². The quantitative estimate of drug-likeness (QED) is 0.529. The molecule has 0 unspecified atom stereocenters. The van der Waals surface area contributed by atoms with Gasteiger partial charge < -0.3 is 19.8 Å². The van der Waals surface area contributed by atoms with E-state index in [1.807, 2.05) is 13.8 Å². The highest BCUT2D eigenvalue weighted by Crippen LogP contribution is 2.34. The zero-order valence-corrected chi connectivity index (χ0v) is 19.3. The van der Waals surface area contributed by atoms with Gasteiger partial charge in [0.05, 0.1) is 17.3 Å². The number of amides is 1. The van der Waals surface area contributed by atoms with Crippen LogP contribution >= 0.6 is 0 Å². The maximum atomic E-state index is 13.3. The lowest BCUT2D eigenvalue weighted by atomic mass is 10.0. The minimum Gasteiger partial charge on any atom is -0.436 e. The number of hydrogen-bond donors (Lipinski definition) is 2. The first-order valence-electron chi connectivity index (χ1n) is 11.3. The summed E-state index contributed by atoms with van der Waals surface area (Å²) in [6.45, 7) is 7.05. The predicted octanol–water partition coefficient (Wildman–Crippen LogP) is 3.85. The van der Waals surface area contributed by atoms with Crippen molar-refractivity contribution in [3.8, 4) is 0 Å². The smallest absolute Gasteiger partial charge is 0.436 e. The molecule has 1 aliphatic rings. The number of rotatable bonds is 7. The fourth-order valence-electron chi connectivity index (χ4n) is 4.13. The Balaban J connectivity index is 1.70. The van der Waals surface area contributed by atoms with E-state index in [4.69, 9.17) is 9.72 Å². The van der Waals surface area contributed by atoms with Crippen LogP contribution in [0.4, 0.5) is 18.9 Å². The molecule has 2 N–H and O–H groups in total. The van der Waals surface area contributed by atoms with Gasteiger partial charge in [-0.3, -0.25) is 4.79 Å². The molecular formula is C22H27F3N6O3. The zero-order chi connectivity index (χ0) is 24.5. The molecule has 3 aromatic heterocycles. The number of carbonyl (C=O) groups is 1. The lowest BCUT2D eigenvalue weighted by Crippen LogP contribution is -2.30. The number of fused-ring (bicyclic) bond motifs is 1. The second-order valence-electron chi connectivity index (χ2n) is 8.09. The van der Waals surface area contributed by atoms with Gasteiger partial charge >= 0.3 is 6.18 Å². The molecule has 1 amide bonds. The van der Waals surface area contributed by atoms with Crippen LogP contribution in [0.3, 0.4) is 0 Å². The molecule has 3 aromatic rings. The highest BCUT2D eigenvalue weighted by atomic mass is 19.4. The Morgan fingerprint density at radius 2 is 1.97 bits per heavy atom. The van der Waals surface area contributed by atoms with E-state index >= 15 is 0 Å². The maximum Gasteiger partial charge on any atom is 0.452 e. The average Bonchev–Trinajstić information content (AvgIpc) is 3.41. The van der Waals surface area contributed by atoms with Crippen molar-refractivity contribution in [3.63, 3.8) is 0 Å². The number of oxazole rings is 1. The van der Waals surface area contributed by atoms with Gasteiger partial charge in [-0.25, -0.2) is 14.6 Å². The molecule has 0 saturated carbocycles. The fraction of sp³-hybridized carbons (Fsp3) is 0.545. The summed E-state index contributed by atoms with van der Waals surface area (Å²) in [6.07, 6.45) is -0.915. The number of alkyl halides is 3. The number of hydrogen-bond acceptors (Lipinski definition) is 7. The zero-order valence-electron chi connectivity index (χ0n) is 19.3. The standard InChI is InChI=1S/C22H27F3N6O3/c1-4-16-14(10-26-21(32)18-19(22(23,24)25)34-12(3)28-18)17(29-13-6-8-33-9-7-13)15-11-27-31(5-2)20(15)30-16/h11,13H,4-10H2,1-3H3,(H,26,32)(H,29,30). The van der Waals surface area contributed by atoms with Gasteiger partial charge in [0.1, 0.15) is 0 Å². The Hall–Kier alpha value is -3.15. The molecule has 12 heteroatoms. The van der Waals surface area contributed by atoms with Crippen LogP contribution in [-0.2, 0) is 30.4 Å². The number of pyridine rings is 1. The van der Waals surface area contributed by atoms with Crippen molar-refractivity contribution in [2.75, 3.05) is 18.5 Å². The maximum absolute atomic E-state index is 13.3. The summed E-state index contributed by atoms with van der Waals surface area (Å²) < 4.78 is 51.8. The molecule has 184 valence electrons. The largest absolute Gasteiger partial charge is 0.452 e. The van der Waals surface area contributed by atoms with Gasteiger partial charge in [-0.1, -0.05) is 6.92 Å². The third-order valence-corrected chi connectivity index (χ3v) is 5.81. The van der Waals surface area contributed by atoms with E-state index in [0.717, 1.165) is 35.3 Å². The SMILES string of the molecule is CCc1nc2c(cnn2CC)c(NC2CCOCC2)c1CNC(=O)c1nc(C)oc1C(F)(F)F. The Kier molecular flexibility index (Phi) is 6.78. The minimum atomic E-state index is -4.83. The summed E-state index contributed by atoms with van der Waals surface area (Å²) in [5.41, 5.74) is 2.15. The summed E-state index contributed by atoms with van der Waals surface area (Å²) in [6, 6.07) is 0.151. The van der Waals surface area contributed by atoms with E-state index in [1.165, 1.54) is 6.92 Å². The molecule has 1 fully saturated rings. The number of nitrogens with zero attached hydrogens (tertiary/aromatic N) is 4. The van der Waals surface area contributed by atoms with Gasteiger partial charge in [-0.2, -0.15) is 18.3 Å². The van der Waals surface area contributed by atoms with Crippen LogP contribution in [0.1, 0.15) is 60.1 Å². The minimum absolute atomic E-state index is 0.0307. The van der Waals surface area contributed by atoms with E-state index in [2.05, 4.69) is 25.1 Å². The number of aryl methyl sites for hydroxylation is 3. The summed E-state index contributed by atoms with van der Waals surface area (Å²) in [5.74, 6) is -2.60. The van der Waals surface area contributed by atoms with Crippen LogP contribution in [0.2, 0.25) is 0 Å². The van der Waals surface area contributed by atoms with Gasteiger partial charge in [0, 0.05) is 50.5 Å². The summed E-state index contributed by atoms with van der Waals surface area (Å²) >= 11 is 0. The number of halogens is 3. The molecular weight excluding hydrogens is 453 g/mol. The predicted molar refractivity (Wildman–Crippen MR) is 117 cm³/mol. The Morgan fingerprint density at radius 3 is 2.62 bits per heavy atom. The van der Waals surface area contributed by atoms with Crippen LogP contribution in [-0.4, -0.2) is 44.9 Å². The second-order valence-corrected chi connectivity index (χ2v) is 8.09. The van der Waals surface area contributed by atoms with E-state index in [-0.39, 0.29) is 18.5 Å². The van der Waals surface area contributed by atoms with Gasteiger partial charge in [-0.15, -0.1) is 0 Å². The third-order valence-electron chi connectivity index (χ3n) is 5.81. The molecule has 1 saturated heterocycles. The highest BCUT2D eigenvalue weighted by molar-refractivity contribution is 5.94. The van der Waals surface area contributed by atoms with E-state index in [9.17, 15) is 18.0 Å². The van der Waals surface area contributed by atoms with Gasteiger partial charge in [0.25, 0.3) is 5.91 Å². The number of nitrogens with one attached hydrogen (secondary N) is 2. The molecule has 0 aliphatic carbocycles. The molecule has 0 spiro atoms. The number of anilines is 1. The lowest BCUT2D eigenvalue weighted by Gasteiger charge is -2.26. The summed E-state index contributed by atoms with van der Waals surface area (Å²) in [5, 5.41) is 11.4. The number of ether oxygens (including phenoxy) is 1. The van der Waals surface area contributed by atoms with Gasteiger partial charge in [0.15, 0.2) is 17.2 Å². The Bertz CT molecular complexity index is 1180. The molecule has 34 heavy (non-hydrogen) atoms. The van der Waals surface area contributed by atoms with Crippen molar-refractivity contribution in [2.45, 2.75) is 65.3 Å². The van der Waals surface area contributed by atoms with E-state index in [0.29, 0.717) is 31.7 Å².